The van der Waals surface area contributed by atoms with Crippen molar-refractivity contribution >= 4 is 11.6 Å². The van der Waals surface area contributed by atoms with Gasteiger partial charge in [0.2, 0.25) is 0 Å². The minimum absolute atomic E-state index is 0.519. The first-order chi connectivity index (χ1) is 7.27. The predicted octanol–water partition coefficient (Wildman–Crippen LogP) is 2.71. The Hall–Kier alpha value is -0.990. The number of hydrogen-bond acceptors (Lipinski definition) is 2. The molecule has 82 valence electrons. The van der Waals surface area contributed by atoms with Crippen LogP contribution in [0.1, 0.15) is 12.5 Å². The van der Waals surface area contributed by atoms with Crippen LogP contribution >= 0.6 is 11.6 Å². The van der Waals surface area contributed by atoms with E-state index in [1.54, 1.807) is 0 Å². The molecule has 0 atom stereocenters. The minimum atomic E-state index is 0.519. The molecular formula is C12H16ClNO. The maximum absolute atomic E-state index is 5.63. The smallest absolute Gasteiger partial charge is 0.123 e. The largest absolute Gasteiger partial charge is 0.489 e. The Morgan fingerprint density at radius 3 is 2.87 bits per heavy atom. The van der Waals surface area contributed by atoms with Gasteiger partial charge in [-0.1, -0.05) is 29.8 Å². The van der Waals surface area contributed by atoms with E-state index in [4.69, 9.17) is 22.1 Å². The molecule has 2 N–H and O–H groups in total. The molecule has 0 bridgehead atoms. The van der Waals surface area contributed by atoms with E-state index in [-0.39, 0.29) is 0 Å². The second-order valence-corrected chi connectivity index (χ2v) is 3.61. The van der Waals surface area contributed by atoms with Crippen LogP contribution in [0.5, 0.6) is 5.75 Å². The lowest BCUT2D eigenvalue weighted by Gasteiger charge is -2.10. The molecule has 0 radical (unpaired) electrons. The van der Waals surface area contributed by atoms with Crippen molar-refractivity contribution in [3.8, 4) is 5.75 Å². The second kappa shape index (κ2) is 6.49. The Labute approximate surface area is 95.7 Å². The normalized spacial score (nSPS) is 11.5. The first-order valence-corrected chi connectivity index (χ1v) is 5.38. The molecule has 0 aromatic heterocycles. The van der Waals surface area contributed by atoms with Crippen LogP contribution in [0.15, 0.2) is 35.4 Å². The summed E-state index contributed by atoms with van der Waals surface area (Å²) >= 11 is 5.56. The first-order valence-electron chi connectivity index (χ1n) is 4.94. The molecule has 0 amide bonds. The van der Waals surface area contributed by atoms with Gasteiger partial charge in [-0.25, -0.2) is 0 Å². The fraction of sp³-hybridized carbons (Fsp3) is 0.333. The number of halogens is 1. The number of para-hydroxylation sites is 1. The van der Waals surface area contributed by atoms with Gasteiger partial charge in [0.1, 0.15) is 12.4 Å². The van der Waals surface area contributed by atoms with Crippen molar-refractivity contribution in [3.63, 3.8) is 0 Å². The molecule has 1 aromatic carbocycles. The topological polar surface area (TPSA) is 35.2 Å². The second-order valence-electron chi connectivity index (χ2n) is 3.39. The molecule has 0 aliphatic heterocycles. The SMILES string of the molecule is C/C(=C/Cl)COc1ccccc1CCN. The lowest BCUT2D eigenvalue weighted by Crippen LogP contribution is -2.06. The maximum atomic E-state index is 5.63. The van der Waals surface area contributed by atoms with Gasteiger partial charge in [0.05, 0.1) is 0 Å². The molecule has 1 rings (SSSR count). The van der Waals surface area contributed by atoms with Gasteiger partial charge >= 0.3 is 0 Å². The highest BCUT2D eigenvalue weighted by molar-refractivity contribution is 6.25. The molecule has 0 spiro atoms. The van der Waals surface area contributed by atoms with Crippen LogP contribution in [0.3, 0.4) is 0 Å². The standard InChI is InChI=1S/C12H16ClNO/c1-10(8-13)9-15-12-5-3-2-4-11(12)6-7-14/h2-5,8H,6-7,9,14H2,1H3/b10-8-. The lowest BCUT2D eigenvalue weighted by molar-refractivity contribution is 0.348. The third-order valence-corrected chi connectivity index (χ3v) is 2.40. The Bertz CT molecular complexity index is 336. The summed E-state index contributed by atoms with van der Waals surface area (Å²) in [6, 6.07) is 7.92. The van der Waals surface area contributed by atoms with Crippen LogP contribution in [0, 0.1) is 0 Å². The fourth-order valence-electron chi connectivity index (χ4n) is 1.23. The molecule has 0 unspecified atom stereocenters. The number of benzene rings is 1. The number of ether oxygens (including phenoxy) is 1. The molecule has 0 heterocycles. The Morgan fingerprint density at radius 2 is 2.20 bits per heavy atom. The molecule has 0 fully saturated rings. The highest BCUT2D eigenvalue weighted by atomic mass is 35.5. The summed E-state index contributed by atoms with van der Waals surface area (Å²) in [5, 5.41) is 0. The summed E-state index contributed by atoms with van der Waals surface area (Å²) in [4.78, 5) is 0. The first kappa shape index (κ1) is 12.1. The zero-order chi connectivity index (χ0) is 11.1. The third kappa shape index (κ3) is 3.94. The summed E-state index contributed by atoms with van der Waals surface area (Å²) in [5.74, 6) is 0.890. The molecule has 0 aliphatic rings. The predicted molar refractivity (Wildman–Crippen MR) is 64.3 cm³/mol. The Morgan fingerprint density at radius 1 is 1.47 bits per heavy atom. The van der Waals surface area contributed by atoms with Crippen molar-refractivity contribution in [1.82, 2.24) is 0 Å². The van der Waals surface area contributed by atoms with Gasteiger partial charge in [-0.2, -0.15) is 0 Å². The summed E-state index contributed by atoms with van der Waals surface area (Å²) in [6.45, 7) is 3.08. The molecular weight excluding hydrogens is 210 g/mol. The zero-order valence-corrected chi connectivity index (χ0v) is 9.63. The third-order valence-electron chi connectivity index (χ3n) is 2.03. The van der Waals surface area contributed by atoms with Crippen LogP contribution in [0.2, 0.25) is 0 Å². The molecule has 1 aromatic rings. The summed E-state index contributed by atoms with van der Waals surface area (Å²) in [7, 11) is 0. The Balaban J connectivity index is 2.66. The van der Waals surface area contributed by atoms with Crippen LogP contribution in [-0.2, 0) is 6.42 Å². The number of hydrogen-bond donors (Lipinski definition) is 1. The van der Waals surface area contributed by atoms with Gasteiger partial charge < -0.3 is 10.5 Å². The van der Waals surface area contributed by atoms with Gasteiger partial charge in [-0.05, 0) is 37.1 Å². The fourth-order valence-corrected chi connectivity index (χ4v) is 1.29. The highest BCUT2D eigenvalue weighted by Crippen LogP contribution is 2.18. The quantitative estimate of drug-likeness (QED) is 0.837. The van der Waals surface area contributed by atoms with E-state index in [9.17, 15) is 0 Å². The molecule has 3 heteroatoms. The molecule has 0 aliphatic carbocycles. The molecule has 15 heavy (non-hydrogen) atoms. The van der Waals surface area contributed by atoms with Crippen molar-refractivity contribution in [2.45, 2.75) is 13.3 Å². The number of nitrogens with two attached hydrogens (primary N) is 1. The van der Waals surface area contributed by atoms with Gasteiger partial charge in [0.15, 0.2) is 0 Å². The van der Waals surface area contributed by atoms with E-state index < -0.39 is 0 Å². The summed E-state index contributed by atoms with van der Waals surface area (Å²) < 4.78 is 5.63. The maximum Gasteiger partial charge on any atom is 0.123 e. The van der Waals surface area contributed by atoms with Gasteiger partial charge in [0, 0.05) is 5.54 Å². The highest BCUT2D eigenvalue weighted by Gasteiger charge is 2.01. The Kier molecular flexibility index (Phi) is 5.22. The van der Waals surface area contributed by atoms with Crippen molar-refractivity contribution in [3.05, 3.63) is 40.9 Å². The van der Waals surface area contributed by atoms with Crippen LogP contribution < -0.4 is 10.5 Å². The van der Waals surface area contributed by atoms with Crippen molar-refractivity contribution in [1.29, 1.82) is 0 Å². The van der Waals surface area contributed by atoms with E-state index in [0.717, 1.165) is 23.3 Å². The van der Waals surface area contributed by atoms with E-state index in [2.05, 4.69) is 0 Å². The minimum Gasteiger partial charge on any atom is -0.489 e. The van der Waals surface area contributed by atoms with E-state index in [1.807, 2.05) is 31.2 Å². The van der Waals surface area contributed by atoms with Crippen molar-refractivity contribution in [2.24, 2.45) is 5.73 Å². The van der Waals surface area contributed by atoms with Crippen LogP contribution in [0.4, 0.5) is 0 Å². The molecule has 2 nitrogen and oxygen atoms in total. The van der Waals surface area contributed by atoms with Crippen LogP contribution in [-0.4, -0.2) is 13.2 Å². The van der Waals surface area contributed by atoms with Gasteiger partial charge in [-0.3, -0.25) is 0 Å². The molecule has 0 saturated carbocycles. The van der Waals surface area contributed by atoms with Gasteiger partial charge in [-0.15, -0.1) is 0 Å². The van der Waals surface area contributed by atoms with Crippen LogP contribution in [0.25, 0.3) is 0 Å². The summed E-state index contributed by atoms with van der Waals surface area (Å²) in [6.07, 6.45) is 0.833. The van der Waals surface area contributed by atoms with Gasteiger partial charge in [0.25, 0.3) is 0 Å². The average molecular weight is 226 g/mol. The van der Waals surface area contributed by atoms with Crippen molar-refractivity contribution in [2.75, 3.05) is 13.2 Å². The van der Waals surface area contributed by atoms with Crippen molar-refractivity contribution < 1.29 is 4.74 Å². The number of rotatable bonds is 5. The monoisotopic (exact) mass is 225 g/mol. The van der Waals surface area contributed by atoms with E-state index >= 15 is 0 Å². The molecule has 0 saturated heterocycles. The van der Waals surface area contributed by atoms with E-state index in [1.165, 1.54) is 5.54 Å². The average Bonchev–Trinajstić information content (AvgIpc) is 2.28. The summed E-state index contributed by atoms with van der Waals surface area (Å²) in [5.41, 5.74) is 9.20. The zero-order valence-electron chi connectivity index (χ0n) is 8.87. The van der Waals surface area contributed by atoms with E-state index in [0.29, 0.717) is 13.2 Å². The lowest BCUT2D eigenvalue weighted by atomic mass is 10.1.